The van der Waals surface area contributed by atoms with Crippen LogP contribution in [0.2, 0.25) is 0 Å². The molecule has 4 atom stereocenters. The molecule has 0 spiro atoms. The Morgan fingerprint density at radius 1 is 1.29 bits per heavy atom. The van der Waals surface area contributed by atoms with Gasteiger partial charge in [-0.15, -0.1) is 0 Å². The second-order valence-corrected chi connectivity index (χ2v) is 7.03. The maximum absolute atomic E-state index is 12.9. The molecular weight excluding hydrogens is 360 g/mol. The molecule has 0 saturated heterocycles. The maximum Gasteiger partial charge on any atom is 0.315 e. The van der Waals surface area contributed by atoms with Crippen LogP contribution in [-0.2, 0) is 14.4 Å². The van der Waals surface area contributed by atoms with E-state index in [0.717, 1.165) is 0 Å². The average Bonchev–Trinajstić information content (AvgIpc) is 2.67. The summed E-state index contributed by atoms with van der Waals surface area (Å²) in [5, 5.41) is 10.7. The van der Waals surface area contributed by atoms with E-state index in [4.69, 9.17) is 0 Å². The second-order valence-electron chi connectivity index (χ2n) is 7.03. The Labute approximate surface area is 166 Å². The fourth-order valence-electron chi connectivity index (χ4n) is 2.79. The summed E-state index contributed by atoms with van der Waals surface area (Å²) < 4.78 is 0. The molecule has 8 nitrogen and oxygen atoms in total. The smallest absolute Gasteiger partial charge is 0.315 e. The molecule has 0 bridgehead atoms. The summed E-state index contributed by atoms with van der Waals surface area (Å²) in [5.41, 5.74) is 0. The highest BCUT2D eigenvalue weighted by atomic mass is 16.2. The molecule has 4 amide bonds. The van der Waals surface area contributed by atoms with Crippen molar-refractivity contribution in [2.24, 2.45) is 11.8 Å². The van der Waals surface area contributed by atoms with Crippen molar-refractivity contribution in [2.45, 2.75) is 52.1 Å². The van der Waals surface area contributed by atoms with Crippen LogP contribution in [0.4, 0.5) is 4.79 Å². The molecule has 8 heteroatoms. The Hall–Kier alpha value is -2.64. The third-order valence-corrected chi connectivity index (χ3v) is 4.72. The van der Waals surface area contributed by atoms with Crippen molar-refractivity contribution in [1.29, 1.82) is 0 Å². The van der Waals surface area contributed by atoms with E-state index in [0.29, 0.717) is 19.4 Å². The number of Topliss-reactive ketones (excluding diaryl/α,β-unsaturated/α-hetero) is 1. The maximum atomic E-state index is 12.9. The lowest BCUT2D eigenvalue weighted by molar-refractivity contribution is -0.129. The summed E-state index contributed by atoms with van der Waals surface area (Å²) in [5.74, 6) is -1.38. The van der Waals surface area contributed by atoms with Gasteiger partial charge in [0.05, 0.1) is 12.0 Å². The van der Waals surface area contributed by atoms with Gasteiger partial charge in [0, 0.05) is 32.1 Å². The van der Waals surface area contributed by atoms with Gasteiger partial charge in [0.1, 0.15) is 0 Å². The highest BCUT2D eigenvalue weighted by Crippen LogP contribution is 2.16. The van der Waals surface area contributed by atoms with Crippen LogP contribution in [0.1, 0.15) is 40.0 Å². The van der Waals surface area contributed by atoms with Crippen molar-refractivity contribution >= 4 is 23.6 Å². The molecule has 1 aliphatic rings. The van der Waals surface area contributed by atoms with Crippen LogP contribution in [0.15, 0.2) is 24.3 Å². The zero-order chi connectivity index (χ0) is 21.1. The fourth-order valence-corrected chi connectivity index (χ4v) is 2.79. The lowest BCUT2D eigenvalue weighted by Crippen LogP contribution is -2.49. The molecule has 0 saturated carbocycles. The number of hydrogen-bond acceptors (Lipinski definition) is 4. The first-order chi connectivity index (χ1) is 13.3. The monoisotopic (exact) mass is 392 g/mol. The van der Waals surface area contributed by atoms with E-state index in [1.165, 1.54) is 13.1 Å². The highest BCUT2D eigenvalue weighted by molar-refractivity contribution is 5.93. The Balaban J connectivity index is 2.94. The first-order valence-electron chi connectivity index (χ1n) is 9.72. The Kier molecular flexibility index (Phi) is 9.98. The minimum absolute atomic E-state index is 0.00979. The summed E-state index contributed by atoms with van der Waals surface area (Å²) in [6.45, 7) is 6.04. The van der Waals surface area contributed by atoms with Crippen molar-refractivity contribution in [3.8, 4) is 0 Å². The lowest BCUT2D eigenvalue weighted by atomic mass is 9.89. The van der Waals surface area contributed by atoms with E-state index in [9.17, 15) is 19.2 Å². The summed E-state index contributed by atoms with van der Waals surface area (Å²) in [6, 6.07) is -1.44. The molecule has 4 N–H and O–H groups in total. The quantitative estimate of drug-likeness (QED) is 0.505. The minimum atomic E-state index is -0.663. The number of hydrogen-bond donors (Lipinski definition) is 4. The topological polar surface area (TPSA) is 116 Å². The van der Waals surface area contributed by atoms with Gasteiger partial charge in [0.2, 0.25) is 11.8 Å². The summed E-state index contributed by atoms with van der Waals surface area (Å²) in [7, 11) is 1.49. The Morgan fingerprint density at radius 3 is 2.64 bits per heavy atom. The highest BCUT2D eigenvalue weighted by Gasteiger charge is 2.29. The number of carbonyl (C=O) groups excluding carboxylic acids is 4. The number of urea groups is 1. The van der Waals surface area contributed by atoms with E-state index in [2.05, 4.69) is 21.3 Å². The van der Waals surface area contributed by atoms with Gasteiger partial charge in [-0.25, -0.2) is 4.79 Å². The normalized spacial score (nSPS) is 25.0. The van der Waals surface area contributed by atoms with E-state index in [-0.39, 0.29) is 36.0 Å². The first kappa shape index (κ1) is 23.4. The van der Waals surface area contributed by atoms with Gasteiger partial charge in [0.25, 0.3) is 0 Å². The molecule has 1 heterocycles. The zero-order valence-corrected chi connectivity index (χ0v) is 17.1. The number of nitrogens with one attached hydrogen (secondary N) is 4. The minimum Gasteiger partial charge on any atom is -0.352 e. The average molecular weight is 393 g/mol. The predicted molar refractivity (Wildman–Crippen MR) is 107 cm³/mol. The molecule has 0 aromatic heterocycles. The van der Waals surface area contributed by atoms with Crippen molar-refractivity contribution in [2.75, 3.05) is 13.6 Å². The van der Waals surface area contributed by atoms with Gasteiger partial charge in [-0.05, 0) is 19.3 Å². The third kappa shape index (κ3) is 7.94. The van der Waals surface area contributed by atoms with Crippen LogP contribution in [0.3, 0.4) is 0 Å². The summed E-state index contributed by atoms with van der Waals surface area (Å²) in [4.78, 5) is 48.8. The van der Waals surface area contributed by atoms with Crippen molar-refractivity contribution in [3.05, 3.63) is 24.3 Å². The van der Waals surface area contributed by atoms with Gasteiger partial charge in [-0.1, -0.05) is 38.5 Å². The predicted octanol–water partition coefficient (Wildman–Crippen LogP) is 1.04. The van der Waals surface area contributed by atoms with Gasteiger partial charge >= 0.3 is 6.03 Å². The van der Waals surface area contributed by atoms with Crippen LogP contribution in [0, 0.1) is 11.8 Å². The Morgan fingerprint density at radius 2 is 2.00 bits per heavy atom. The molecule has 0 fully saturated rings. The molecule has 0 aromatic rings. The van der Waals surface area contributed by atoms with Crippen molar-refractivity contribution in [3.63, 3.8) is 0 Å². The van der Waals surface area contributed by atoms with Crippen LogP contribution in [0.5, 0.6) is 0 Å². The summed E-state index contributed by atoms with van der Waals surface area (Å²) in [6.07, 6.45) is 7.75. The van der Waals surface area contributed by atoms with Crippen LogP contribution in [-0.4, -0.2) is 49.3 Å². The molecule has 1 rings (SSSR count). The van der Waals surface area contributed by atoms with Gasteiger partial charge in [-0.2, -0.15) is 0 Å². The number of amides is 4. The standard InChI is InChI=1S/C20H32N4O4/c1-5-13(2)18(24-20(28)21-4)16(25)12-15-8-6-7-11-22-17(26)10-9-14(3)23-19(15)27/h6,8-10,13-15,18H,5,7,11-12H2,1-4H3,(H,22,26)(H,23,27)(H2,21,24,28)/b8-6+,10-9+/t13?,14-,15+,18?/m0/s1. The van der Waals surface area contributed by atoms with E-state index in [1.54, 1.807) is 25.2 Å². The second kappa shape index (κ2) is 11.9. The van der Waals surface area contributed by atoms with Gasteiger partial charge < -0.3 is 21.3 Å². The molecule has 0 aromatic carbocycles. The van der Waals surface area contributed by atoms with E-state index >= 15 is 0 Å². The SMILES string of the molecule is CCC(C)C(NC(=O)NC)C(=O)C[C@H]1/C=C/CCNC(=O)/C=C/[C@H](C)NC1=O. The van der Waals surface area contributed by atoms with Crippen LogP contribution in [0.25, 0.3) is 0 Å². The van der Waals surface area contributed by atoms with E-state index < -0.39 is 18.0 Å². The number of ketones is 1. The van der Waals surface area contributed by atoms with E-state index in [1.807, 2.05) is 13.8 Å². The molecule has 0 radical (unpaired) electrons. The molecule has 2 unspecified atom stereocenters. The number of carbonyl (C=O) groups is 4. The summed E-state index contributed by atoms with van der Waals surface area (Å²) >= 11 is 0. The zero-order valence-electron chi connectivity index (χ0n) is 17.1. The molecule has 28 heavy (non-hydrogen) atoms. The molecule has 156 valence electrons. The van der Waals surface area contributed by atoms with Gasteiger partial charge in [-0.3, -0.25) is 14.4 Å². The number of rotatable bonds is 6. The van der Waals surface area contributed by atoms with Crippen molar-refractivity contribution in [1.82, 2.24) is 21.3 Å². The lowest BCUT2D eigenvalue weighted by Gasteiger charge is -2.24. The van der Waals surface area contributed by atoms with Crippen LogP contribution >= 0.6 is 0 Å². The van der Waals surface area contributed by atoms with Gasteiger partial charge in [0.15, 0.2) is 5.78 Å². The molecular formula is C20H32N4O4. The Bertz CT molecular complexity index is 630. The molecule has 0 aliphatic carbocycles. The fraction of sp³-hybridized carbons (Fsp3) is 0.600. The third-order valence-electron chi connectivity index (χ3n) is 4.72. The largest absolute Gasteiger partial charge is 0.352 e. The molecule has 1 aliphatic heterocycles. The van der Waals surface area contributed by atoms with Crippen LogP contribution < -0.4 is 21.3 Å². The van der Waals surface area contributed by atoms with Crippen molar-refractivity contribution < 1.29 is 19.2 Å². The first-order valence-corrected chi connectivity index (χ1v) is 9.72.